The van der Waals surface area contributed by atoms with E-state index in [0.29, 0.717) is 22.1 Å². The SMILES string of the molecule is Cc1cc(C(=O)/C(C#N)=N/Nc2cccc(Cl)c2)n(C(C)(C)C)n1. The highest BCUT2D eigenvalue weighted by Crippen LogP contribution is 2.19. The molecule has 0 unspecified atom stereocenters. The molecule has 0 fully saturated rings. The summed E-state index contributed by atoms with van der Waals surface area (Å²) in [5.74, 6) is -0.484. The molecule has 0 spiro atoms. The summed E-state index contributed by atoms with van der Waals surface area (Å²) in [6.45, 7) is 7.60. The molecule has 0 saturated carbocycles. The van der Waals surface area contributed by atoms with Crippen molar-refractivity contribution < 1.29 is 4.79 Å². The molecule has 0 amide bonds. The summed E-state index contributed by atoms with van der Waals surface area (Å²) in [5, 5.41) is 18.1. The number of anilines is 1. The minimum atomic E-state index is -0.484. The Morgan fingerprint density at radius 2 is 2.08 bits per heavy atom. The summed E-state index contributed by atoms with van der Waals surface area (Å²) in [5.41, 5.74) is 3.66. The third-order valence-corrected chi connectivity index (χ3v) is 3.38. The number of ketones is 1. The number of hydrazone groups is 1. The van der Waals surface area contributed by atoms with Gasteiger partial charge in [-0.1, -0.05) is 17.7 Å². The lowest BCUT2D eigenvalue weighted by molar-refractivity contribution is 0.105. The van der Waals surface area contributed by atoms with Gasteiger partial charge in [-0.3, -0.25) is 14.9 Å². The zero-order valence-electron chi connectivity index (χ0n) is 14.0. The molecule has 6 nitrogen and oxygen atoms in total. The number of aryl methyl sites for hydroxylation is 1. The van der Waals surface area contributed by atoms with E-state index in [2.05, 4.69) is 15.6 Å². The fraction of sp³-hybridized carbons (Fsp3) is 0.294. The van der Waals surface area contributed by atoms with Gasteiger partial charge >= 0.3 is 0 Å². The number of nitrogens with zero attached hydrogens (tertiary/aromatic N) is 4. The van der Waals surface area contributed by atoms with Gasteiger partial charge in [0.25, 0.3) is 0 Å². The molecule has 7 heteroatoms. The molecule has 2 rings (SSSR count). The van der Waals surface area contributed by atoms with Crippen LogP contribution in [0.15, 0.2) is 35.4 Å². The number of carbonyl (C=O) groups excluding carboxylic acids is 1. The lowest BCUT2D eigenvalue weighted by Gasteiger charge is -2.21. The molecule has 0 saturated heterocycles. The number of rotatable bonds is 4. The van der Waals surface area contributed by atoms with Crippen molar-refractivity contribution in [2.24, 2.45) is 5.10 Å². The Morgan fingerprint density at radius 1 is 1.38 bits per heavy atom. The van der Waals surface area contributed by atoms with E-state index in [1.54, 1.807) is 41.9 Å². The van der Waals surface area contributed by atoms with Crippen molar-refractivity contribution in [2.75, 3.05) is 5.43 Å². The van der Waals surface area contributed by atoms with E-state index < -0.39 is 5.78 Å². The second kappa shape index (κ2) is 6.85. The van der Waals surface area contributed by atoms with Gasteiger partial charge in [0.1, 0.15) is 11.8 Å². The first kappa shape index (κ1) is 17.7. The number of hydrogen-bond acceptors (Lipinski definition) is 5. The van der Waals surface area contributed by atoms with Gasteiger partial charge in [0, 0.05) is 5.02 Å². The average molecular weight is 344 g/mol. The highest BCUT2D eigenvalue weighted by atomic mass is 35.5. The monoisotopic (exact) mass is 343 g/mol. The second-order valence-corrected chi connectivity index (χ2v) is 6.71. The van der Waals surface area contributed by atoms with Gasteiger partial charge in [0.05, 0.1) is 16.9 Å². The van der Waals surface area contributed by atoms with Gasteiger partial charge in [0.2, 0.25) is 11.5 Å². The number of nitriles is 1. The van der Waals surface area contributed by atoms with Crippen molar-refractivity contribution in [3.63, 3.8) is 0 Å². The number of carbonyl (C=O) groups is 1. The Morgan fingerprint density at radius 3 is 2.67 bits per heavy atom. The average Bonchev–Trinajstić information content (AvgIpc) is 2.90. The number of aromatic nitrogens is 2. The Kier molecular flexibility index (Phi) is 5.05. The maximum atomic E-state index is 12.7. The van der Waals surface area contributed by atoms with Crippen molar-refractivity contribution in [2.45, 2.75) is 33.2 Å². The minimum Gasteiger partial charge on any atom is -0.284 e. The van der Waals surface area contributed by atoms with Crippen molar-refractivity contribution in [3.05, 3.63) is 46.7 Å². The molecule has 2 aromatic rings. The second-order valence-electron chi connectivity index (χ2n) is 6.28. The normalized spacial score (nSPS) is 11.9. The predicted octanol–water partition coefficient (Wildman–Crippen LogP) is 3.77. The summed E-state index contributed by atoms with van der Waals surface area (Å²) < 4.78 is 1.61. The van der Waals surface area contributed by atoms with Crippen molar-refractivity contribution in [3.8, 4) is 6.07 Å². The molecule has 0 atom stereocenters. The molecule has 1 N–H and O–H groups in total. The summed E-state index contributed by atoms with van der Waals surface area (Å²) in [7, 11) is 0. The first-order chi connectivity index (χ1) is 11.2. The van der Waals surface area contributed by atoms with Crippen LogP contribution in [0.2, 0.25) is 5.02 Å². The van der Waals surface area contributed by atoms with Crippen LogP contribution in [0.4, 0.5) is 5.69 Å². The number of nitrogens with one attached hydrogen (secondary N) is 1. The van der Waals surface area contributed by atoms with Crippen LogP contribution in [0.3, 0.4) is 0 Å². The molecule has 0 bridgehead atoms. The summed E-state index contributed by atoms with van der Waals surface area (Å²) in [6, 6.07) is 10.3. The molecular formula is C17H18ClN5O. The molecule has 0 aliphatic carbocycles. The van der Waals surface area contributed by atoms with Crippen LogP contribution in [0.25, 0.3) is 0 Å². The molecule has 1 heterocycles. The van der Waals surface area contributed by atoms with E-state index >= 15 is 0 Å². The van der Waals surface area contributed by atoms with Crippen LogP contribution >= 0.6 is 11.6 Å². The zero-order chi connectivity index (χ0) is 17.9. The first-order valence-electron chi connectivity index (χ1n) is 7.33. The van der Waals surface area contributed by atoms with Crippen molar-refractivity contribution >= 4 is 28.8 Å². The van der Waals surface area contributed by atoms with Gasteiger partial charge in [-0.15, -0.1) is 0 Å². The van der Waals surface area contributed by atoms with Gasteiger partial charge in [-0.05, 0) is 52.0 Å². The quantitative estimate of drug-likeness (QED) is 0.520. The fourth-order valence-corrected chi connectivity index (χ4v) is 2.29. The lowest BCUT2D eigenvalue weighted by Crippen LogP contribution is -2.29. The smallest absolute Gasteiger partial charge is 0.241 e. The molecular weight excluding hydrogens is 326 g/mol. The number of Topliss-reactive ketones (excluding diaryl/α,β-unsaturated/α-hetero) is 1. The first-order valence-corrected chi connectivity index (χ1v) is 7.71. The Bertz CT molecular complexity index is 839. The van der Waals surface area contributed by atoms with Crippen LogP contribution in [-0.4, -0.2) is 21.3 Å². The van der Waals surface area contributed by atoms with E-state index in [1.807, 2.05) is 26.8 Å². The highest BCUT2D eigenvalue weighted by Gasteiger charge is 2.25. The Labute approximate surface area is 145 Å². The molecule has 24 heavy (non-hydrogen) atoms. The Hall–Kier alpha value is -2.65. The lowest BCUT2D eigenvalue weighted by atomic mass is 10.1. The van der Waals surface area contributed by atoms with E-state index in [0.717, 1.165) is 0 Å². The third kappa shape index (κ3) is 4.00. The predicted molar refractivity (Wildman–Crippen MR) is 94.4 cm³/mol. The van der Waals surface area contributed by atoms with Gasteiger partial charge in [0.15, 0.2) is 0 Å². The van der Waals surface area contributed by atoms with E-state index in [9.17, 15) is 10.1 Å². The number of hydrogen-bond donors (Lipinski definition) is 1. The topological polar surface area (TPSA) is 83.1 Å². The van der Waals surface area contributed by atoms with E-state index in [4.69, 9.17) is 11.6 Å². The van der Waals surface area contributed by atoms with Gasteiger partial charge in [-0.2, -0.15) is 15.5 Å². The molecule has 0 aliphatic rings. The van der Waals surface area contributed by atoms with Gasteiger partial charge < -0.3 is 0 Å². The van der Waals surface area contributed by atoms with Crippen LogP contribution in [0, 0.1) is 18.3 Å². The summed E-state index contributed by atoms with van der Waals surface area (Å²) in [6.07, 6.45) is 0. The molecule has 124 valence electrons. The van der Waals surface area contributed by atoms with Crippen LogP contribution in [0.5, 0.6) is 0 Å². The van der Waals surface area contributed by atoms with Crippen LogP contribution in [-0.2, 0) is 5.54 Å². The maximum absolute atomic E-state index is 12.7. The highest BCUT2D eigenvalue weighted by molar-refractivity contribution is 6.51. The van der Waals surface area contributed by atoms with Gasteiger partial charge in [-0.25, -0.2) is 0 Å². The van der Waals surface area contributed by atoms with Crippen LogP contribution in [0.1, 0.15) is 37.0 Å². The zero-order valence-corrected chi connectivity index (χ0v) is 14.7. The third-order valence-electron chi connectivity index (χ3n) is 3.14. The van der Waals surface area contributed by atoms with E-state index in [1.165, 1.54) is 0 Å². The largest absolute Gasteiger partial charge is 0.284 e. The molecule has 0 radical (unpaired) electrons. The fourth-order valence-electron chi connectivity index (χ4n) is 2.10. The maximum Gasteiger partial charge on any atom is 0.241 e. The summed E-state index contributed by atoms with van der Waals surface area (Å²) >= 11 is 5.89. The summed E-state index contributed by atoms with van der Waals surface area (Å²) in [4.78, 5) is 12.7. The number of halogens is 1. The molecule has 1 aromatic carbocycles. The Balaban J connectivity index is 2.33. The molecule has 1 aromatic heterocycles. The number of benzene rings is 1. The standard InChI is InChI=1S/C17H18ClN5O/c1-11-8-15(23(22-11)17(2,3)4)16(24)14(10-19)21-20-13-7-5-6-12(18)9-13/h5-9,20H,1-4H3/b21-14+. The van der Waals surface area contributed by atoms with Crippen molar-refractivity contribution in [1.29, 1.82) is 5.26 Å². The van der Waals surface area contributed by atoms with Crippen molar-refractivity contribution in [1.82, 2.24) is 9.78 Å². The van der Waals surface area contributed by atoms with E-state index in [-0.39, 0.29) is 11.3 Å². The molecule has 0 aliphatic heterocycles. The minimum absolute atomic E-state index is 0.250. The van der Waals surface area contributed by atoms with Crippen LogP contribution < -0.4 is 5.43 Å².